The van der Waals surface area contributed by atoms with E-state index in [4.69, 9.17) is 0 Å². The summed E-state index contributed by atoms with van der Waals surface area (Å²) in [4.78, 5) is 11.8. The summed E-state index contributed by atoms with van der Waals surface area (Å²) in [7, 11) is 0. The Hall–Kier alpha value is -2.77. The summed E-state index contributed by atoms with van der Waals surface area (Å²) in [6, 6.07) is 11.1. The number of alkyl halides is 3. The van der Waals surface area contributed by atoms with Gasteiger partial charge in [0.15, 0.2) is 6.61 Å². The van der Waals surface area contributed by atoms with E-state index in [-0.39, 0.29) is 18.1 Å². The summed E-state index contributed by atoms with van der Waals surface area (Å²) in [6.45, 7) is -1.13. The van der Waals surface area contributed by atoms with E-state index in [0.717, 1.165) is 5.56 Å². The van der Waals surface area contributed by atoms with E-state index in [2.05, 4.69) is 15.4 Å². The maximum atomic E-state index is 13.0. The van der Waals surface area contributed by atoms with Crippen molar-refractivity contribution in [3.8, 4) is 5.75 Å². The lowest BCUT2D eigenvalue weighted by Gasteiger charge is -2.11. The summed E-state index contributed by atoms with van der Waals surface area (Å²) in [5.74, 6) is -0.354. The topological polar surface area (TPSA) is 50.4 Å². The fraction of sp³-hybridized carbons (Fsp3) is 0.235. The Kier molecular flexibility index (Phi) is 6.21. The third kappa shape index (κ3) is 7.11. The third-order valence-electron chi connectivity index (χ3n) is 3.08. The van der Waals surface area contributed by atoms with Gasteiger partial charge in [0.05, 0.1) is 0 Å². The zero-order chi connectivity index (χ0) is 18.3. The number of ether oxygens (including phenoxy) is 1. The van der Waals surface area contributed by atoms with Gasteiger partial charge in [0.1, 0.15) is 11.6 Å². The Balaban J connectivity index is 1.80. The first-order valence-corrected chi connectivity index (χ1v) is 7.41. The summed E-state index contributed by atoms with van der Waals surface area (Å²) in [5.41, 5.74) is 1.03. The molecule has 0 aliphatic heterocycles. The quantitative estimate of drug-likeness (QED) is 0.765. The molecule has 0 unspecified atom stereocenters. The van der Waals surface area contributed by atoms with Gasteiger partial charge in [-0.3, -0.25) is 0 Å². The van der Waals surface area contributed by atoms with Crippen molar-refractivity contribution in [1.82, 2.24) is 5.32 Å². The summed E-state index contributed by atoms with van der Waals surface area (Å²) in [5, 5.41) is 5.07. The fourth-order valence-electron chi connectivity index (χ4n) is 2.02. The molecule has 0 atom stereocenters. The molecular formula is C17H16F4N2O2. The fourth-order valence-corrected chi connectivity index (χ4v) is 2.02. The Bertz CT molecular complexity index is 720. The van der Waals surface area contributed by atoms with E-state index in [0.29, 0.717) is 12.1 Å². The van der Waals surface area contributed by atoms with Gasteiger partial charge < -0.3 is 15.4 Å². The van der Waals surface area contributed by atoms with Crippen LogP contribution in [0, 0.1) is 5.82 Å². The van der Waals surface area contributed by atoms with Crippen molar-refractivity contribution in [2.75, 3.05) is 18.5 Å². The number of nitrogens with one attached hydrogen (secondary N) is 2. The zero-order valence-corrected chi connectivity index (χ0v) is 13.1. The number of hydrogen-bond acceptors (Lipinski definition) is 2. The molecule has 0 saturated heterocycles. The molecule has 0 bridgehead atoms. The van der Waals surface area contributed by atoms with E-state index in [1.165, 1.54) is 36.4 Å². The van der Waals surface area contributed by atoms with Gasteiger partial charge in [-0.05, 0) is 36.2 Å². The molecular weight excluding hydrogens is 340 g/mol. The summed E-state index contributed by atoms with van der Waals surface area (Å²) in [6.07, 6.45) is -3.99. The van der Waals surface area contributed by atoms with Crippen molar-refractivity contribution in [2.24, 2.45) is 0 Å². The lowest BCUT2D eigenvalue weighted by Crippen LogP contribution is -2.30. The molecule has 8 heteroatoms. The summed E-state index contributed by atoms with van der Waals surface area (Å²) < 4.78 is 54.0. The van der Waals surface area contributed by atoms with E-state index in [1.54, 1.807) is 12.1 Å². The minimum Gasteiger partial charge on any atom is -0.484 e. The molecule has 0 radical (unpaired) electrons. The van der Waals surface area contributed by atoms with E-state index < -0.39 is 18.8 Å². The zero-order valence-electron chi connectivity index (χ0n) is 13.1. The molecule has 0 heterocycles. The molecule has 4 nitrogen and oxygen atoms in total. The van der Waals surface area contributed by atoms with Crippen LogP contribution in [-0.4, -0.2) is 25.4 Å². The Morgan fingerprint density at radius 2 is 1.84 bits per heavy atom. The van der Waals surface area contributed by atoms with Crippen LogP contribution in [0.1, 0.15) is 5.56 Å². The second-order valence-corrected chi connectivity index (χ2v) is 5.19. The van der Waals surface area contributed by atoms with Crippen LogP contribution in [0.25, 0.3) is 0 Å². The number of amides is 2. The van der Waals surface area contributed by atoms with Crippen LogP contribution in [0.2, 0.25) is 0 Å². The molecule has 0 fully saturated rings. The molecule has 2 amide bonds. The molecule has 0 aromatic heterocycles. The van der Waals surface area contributed by atoms with Crippen molar-refractivity contribution in [1.29, 1.82) is 0 Å². The smallest absolute Gasteiger partial charge is 0.422 e. The number of rotatable bonds is 6. The monoisotopic (exact) mass is 356 g/mol. The Labute approximate surface area is 141 Å². The van der Waals surface area contributed by atoms with Crippen LogP contribution in [0.15, 0.2) is 48.5 Å². The normalized spacial score (nSPS) is 11.0. The van der Waals surface area contributed by atoms with Gasteiger partial charge >= 0.3 is 12.2 Å². The molecule has 2 rings (SSSR count). The van der Waals surface area contributed by atoms with Crippen LogP contribution in [0.3, 0.4) is 0 Å². The highest BCUT2D eigenvalue weighted by atomic mass is 19.4. The molecule has 2 aromatic carbocycles. The first-order chi connectivity index (χ1) is 11.8. The van der Waals surface area contributed by atoms with Crippen molar-refractivity contribution < 1.29 is 27.1 Å². The minimum atomic E-state index is -4.43. The van der Waals surface area contributed by atoms with Crippen LogP contribution < -0.4 is 15.4 Å². The Morgan fingerprint density at radius 3 is 2.56 bits per heavy atom. The van der Waals surface area contributed by atoms with Crippen LogP contribution in [0.5, 0.6) is 5.75 Å². The highest BCUT2D eigenvalue weighted by Crippen LogP contribution is 2.21. The second kappa shape index (κ2) is 8.36. The van der Waals surface area contributed by atoms with Crippen molar-refractivity contribution in [3.05, 3.63) is 59.9 Å². The molecule has 134 valence electrons. The number of carbonyl (C=O) groups excluding carboxylic acids is 1. The standard InChI is InChI=1S/C17H16F4N2O2/c18-13-4-1-3-12(9-13)7-8-22-16(24)23-14-5-2-6-15(10-14)25-11-17(19,20)21/h1-6,9-10H,7-8,11H2,(H2,22,23,24). The number of carbonyl (C=O) groups is 1. The highest BCUT2D eigenvalue weighted by molar-refractivity contribution is 5.89. The number of anilines is 1. The molecule has 0 aliphatic carbocycles. The maximum Gasteiger partial charge on any atom is 0.422 e. The molecule has 25 heavy (non-hydrogen) atoms. The van der Waals surface area contributed by atoms with Gasteiger partial charge in [0.25, 0.3) is 0 Å². The van der Waals surface area contributed by atoms with E-state index in [1.807, 2.05) is 0 Å². The lowest BCUT2D eigenvalue weighted by atomic mass is 10.1. The van der Waals surface area contributed by atoms with Gasteiger partial charge in [0, 0.05) is 18.3 Å². The second-order valence-electron chi connectivity index (χ2n) is 5.19. The van der Waals surface area contributed by atoms with Gasteiger partial charge in [-0.25, -0.2) is 9.18 Å². The van der Waals surface area contributed by atoms with Crippen molar-refractivity contribution >= 4 is 11.7 Å². The van der Waals surface area contributed by atoms with Crippen LogP contribution in [-0.2, 0) is 6.42 Å². The summed E-state index contributed by atoms with van der Waals surface area (Å²) >= 11 is 0. The predicted octanol–water partition coefficient (Wildman–Crippen LogP) is 4.13. The molecule has 0 saturated carbocycles. The average Bonchev–Trinajstić information content (AvgIpc) is 2.53. The Morgan fingerprint density at radius 1 is 1.08 bits per heavy atom. The first kappa shape index (κ1) is 18.6. The molecule has 2 aromatic rings. The highest BCUT2D eigenvalue weighted by Gasteiger charge is 2.28. The van der Waals surface area contributed by atoms with Gasteiger partial charge in [-0.1, -0.05) is 18.2 Å². The molecule has 2 N–H and O–H groups in total. The number of halogens is 4. The number of benzene rings is 2. The van der Waals surface area contributed by atoms with E-state index >= 15 is 0 Å². The lowest BCUT2D eigenvalue weighted by molar-refractivity contribution is -0.153. The average molecular weight is 356 g/mol. The van der Waals surface area contributed by atoms with Gasteiger partial charge in [-0.2, -0.15) is 13.2 Å². The number of urea groups is 1. The van der Waals surface area contributed by atoms with Crippen molar-refractivity contribution in [2.45, 2.75) is 12.6 Å². The molecule has 0 spiro atoms. The van der Waals surface area contributed by atoms with Gasteiger partial charge in [-0.15, -0.1) is 0 Å². The van der Waals surface area contributed by atoms with Crippen LogP contribution in [0.4, 0.5) is 28.0 Å². The first-order valence-electron chi connectivity index (χ1n) is 7.41. The SMILES string of the molecule is O=C(NCCc1cccc(F)c1)Nc1cccc(OCC(F)(F)F)c1. The maximum absolute atomic E-state index is 13.0. The predicted molar refractivity (Wildman–Crippen MR) is 85.1 cm³/mol. The van der Waals surface area contributed by atoms with E-state index in [9.17, 15) is 22.4 Å². The number of hydrogen-bond donors (Lipinski definition) is 2. The van der Waals surface area contributed by atoms with Crippen molar-refractivity contribution in [3.63, 3.8) is 0 Å². The molecule has 0 aliphatic rings. The minimum absolute atomic E-state index is 0.00474. The largest absolute Gasteiger partial charge is 0.484 e. The third-order valence-corrected chi connectivity index (χ3v) is 3.08. The van der Waals surface area contributed by atoms with Crippen LogP contribution >= 0.6 is 0 Å². The van der Waals surface area contributed by atoms with Gasteiger partial charge in [0.2, 0.25) is 0 Å².